The second-order valence-electron chi connectivity index (χ2n) is 9.24. The van der Waals surface area contributed by atoms with Gasteiger partial charge in [0.15, 0.2) is 0 Å². The van der Waals surface area contributed by atoms with Crippen LogP contribution in [0.5, 0.6) is 0 Å². The van der Waals surface area contributed by atoms with E-state index in [1.165, 1.54) is 0 Å². The molecule has 27 heavy (non-hydrogen) atoms. The molecule has 1 aliphatic carbocycles. The summed E-state index contributed by atoms with van der Waals surface area (Å²) in [5, 5.41) is 2.78. The van der Waals surface area contributed by atoms with Crippen molar-refractivity contribution in [3.63, 3.8) is 0 Å². The number of nitrogens with zero attached hydrogens (tertiary/aromatic N) is 1. The van der Waals surface area contributed by atoms with Crippen LogP contribution in [-0.2, 0) is 21.2 Å². The zero-order chi connectivity index (χ0) is 19.7. The zero-order valence-electron chi connectivity index (χ0n) is 16.7. The van der Waals surface area contributed by atoms with Crippen molar-refractivity contribution >= 4 is 27.3 Å². The molecule has 1 saturated heterocycles. The van der Waals surface area contributed by atoms with Gasteiger partial charge in [-0.3, -0.25) is 4.79 Å². The summed E-state index contributed by atoms with van der Waals surface area (Å²) in [5.41, 5.74) is 4.68. The smallest absolute Gasteiger partial charge is 0.229 e. The number of carbonyl (C=O) groups excluding carboxylic acids is 1. The van der Waals surface area contributed by atoms with Gasteiger partial charge in [0.25, 0.3) is 0 Å². The van der Waals surface area contributed by atoms with Crippen molar-refractivity contribution in [1.82, 2.24) is 4.72 Å². The van der Waals surface area contributed by atoms with Gasteiger partial charge in [-0.25, -0.2) is 8.42 Å². The van der Waals surface area contributed by atoms with Gasteiger partial charge in [0.1, 0.15) is 0 Å². The fourth-order valence-electron chi connectivity index (χ4n) is 4.82. The summed E-state index contributed by atoms with van der Waals surface area (Å²) in [4.78, 5) is 15.0. The van der Waals surface area contributed by atoms with Crippen molar-refractivity contribution < 1.29 is 13.2 Å². The fraction of sp³-hybridized carbons (Fsp3) is 0.650. The summed E-state index contributed by atoms with van der Waals surface area (Å²) in [5.74, 6) is -0.0272. The molecule has 148 valence electrons. The molecule has 4 rings (SSSR count). The molecular formula is C20H29N3O3S. The first-order valence-electron chi connectivity index (χ1n) is 9.74. The highest BCUT2D eigenvalue weighted by Crippen LogP contribution is 2.48. The molecule has 0 aromatic heterocycles. The first-order valence-corrected chi connectivity index (χ1v) is 11.3. The number of hydrogen-bond donors (Lipinski definition) is 2. The van der Waals surface area contributed by atoms with Crippen molar-refractivity contribution in [3.05, 3.63) is 22.8 Å². The number of anilines is 2. The lowest BCUT2D eigenvalue weighted by atomic mass is 9.94. The molecule has 1 saturated carbocycles. The number of sulfonamides is 1. The van der Waals surface area contributed by atoms with E-state index >= 15 is 0 Å². The van der Waals surface area contributed by atoms with Crippen LogP contribution in [-0.4, -0.2) is 31.8 Å². The Morgan fingerprint density at radius 2 is 1.93 bits per heavy atom. The molecule has 6 nitrogen and oxygen atoms in total. The summed E-state index contributed by atoms with van der Waals surface area (Å²) in [6.45, 7) is 9.78. The Hall–Kier alpha value is -1.60. The quantitative estimate of drug-likeness (QED) is 0.772. The highest BCUT2D eigenvalue weighted by molar-refractivity contribution is 7.90. The molecule has 0 spiro atoms. The molecule has 0 radical (unpaired) electrons. The maximum atomic E-state index is 12.7. The van der Waals surface area contributed by atoms with E-state index in [2.05, 4.69) is 27.9 Å². The van der Waals surface area contributed by atoms with Gasteiger partial charge in [-0.2, -0.15) is 4.72 Å². The van der Waals surface area contributed by atoms with E-state index in [4.69, 9.17) is 0 Å². The minimum atomic E-state index is -3.29. The van der Waals surface area contributed by atoms with Gasteiger partial charge in [-0.05, 0) is 49.8 Å². The Morgan fingerprint density at radius 1 is 1.22 bits per heavy atom. The Bertz CT molecular complexity index is 917. The van der Waals surface area contributed by atoms with Crippen molar-refractivity contribution in [2.45, 2.75) is 77.8 Å². The van der Waals surface area contributed by atoms with Crippen LogP contribution in [0.25, 0.3) is 0 Å². The molecule has 3 aliphatic rings. The summed E-state index contributed by atoms with van der Waals surface area (Å²) >= 11 is 0. The molecule has 2 fully saturated rings. The van der Waals surface area contributed by atoms with Crippen LogP contribution in [0, 0.1) is 19.3 Å². The van der Waals surface area contributed by atoms with Crippen LogP contribution in [0.1, 0.15) is 56.7 Å². The molecular weight excluding hydrogens is 362 g/mol. The molecule has 0 bridgehead atoms. The highest BCUT2D eigenvalue weighted by Gasteiger charge is 2.52. The van der Waals surface area contributed by atoms with Gasteiger partial charge in [0.2, 0.25) is 15.9 Å². The summed E-state index contributed by atoms with van der Waals surface area (Å²) < 4.78 is 28.3. The molecule has 3 atom stereocenters. The van der Waals surface area contributed by atoms with Gasteiger partial charge < -0.3 is 10.2 Å². The third-order valence-electron chi connectivity index (χ3n) is 6.21. The first kappa shape index (κ1) is 18.7. The maximum Gasteiger partial charge on any atom is 0.229 e. The Morgan fingerprint density at radius 3 is 2.59 bits per heavy atom. The number of aryl methyl sites for hydroxylation is 2. The average Bonchev–Trinajstić information content (AvgIpc) is 3.14. The maximum absolute atomic E-state index is 12.7. The second-order valence-corrected chi connectivity index (χ2v) is 11.2. The van der Waals surface area contributed by atoms with Crippen LogP contribution < -0.4 is 14.9 Å². The number of rotatable bonds is 1. The monoisotopic (exact) mass is 391 g/mol. The van der Waals surface area contributed by atoms with E-state index < -0.39 is 15.4 Å². The largest absolute Gasteiger partial charge is 0.348 e. The van der Waals surface area contributed by atoms with Crippen LogP contribution in [0.3, 0.4) is 0 Å². The van der Waals surface area contributed by atoms with Gasteiger partial charge >= 0.3 is 0 Å². The van der Waals surface area contributed by atoms with E-state index in [1.807, 2.05) is 27.7 Å². The standard InChI is InChI=1S/C20H29N3O3S/c1-11-9-12(2)17(21-19(24)20(3,4)5)18-13(11)10-16-22-27(25,26)15-8-6-7-14(15)23(16)18/h9,14-16,22H,6-8,10H2,1-5H3,(H,21,24). The number of fused-ring (bicyclic) bond motifs is 5. The number of amides is 1. The van der Waals surface area contributed by atoms with E-state index in [0.29, 0.717) is 12.8 Å². The Labute approximate surface area is 161 Å². The van der Waals surface area contributed by atoms with Gasteiger partial charge in [-0.15, -0.1) is 0 Å². The topological polar surface area (TPSA) is 78.5 Å². The predicted octanol–water partition coefficient (Wildman–Crippen LogP) is 2.83. The highest BCUT2D eigenvalue weighted by atomic mass is 32.2. The number of benzene rings is 1. The third-order valence-corrected chi connectivity index (χ3v) is 8.16. The van der Waals surface area contributed by atoms with Crippen LogP contribution >= 0.6 is 0 Å². The SMILES string of the molecule is Cc1cc(C)c(NC(=O)C(C)(C)C)c2c1CC1NS(=O)(=O)C3CCCC3N21. The second kappa shape index (κ2) is 5.95. The summed E-state index contributed by atoms with van der Waals surface area (Å²) in [6, 6.07) is 2.07. The van der Waals surface area contributed by atoms with Crippen molar-refractivity contribution in [3.8, 4) is 0 Å². The van der Waals surface area contributed by atoms with Gasteiger partial charge in [0, 0.05) is 17.9 Å². The average molecular weight is 392 g/mol. The zero-order valence-corrected chi connectivity index (χ0v) is 17.5. The molecule has 1 aromatic carbocycles. The predicted molar refractivity (Wildman–Crippen MR) is 107 cm³/mol. The van der Waals surface area contributed by atoms with Crippen molar-refractivity contribution in [1.29, 1.82) is 0 Å². The van der Waals surface area contributed by atoms with E-state index in [0.717, 1.165) is 40.9 Å². The van der Waals surface area contributed by atoms with Crippen LogP contribution in [0.4, 0.5) is 11.4 Å². The molecule has 1 amide bonds. The lowest BCUT2D eigenvalue weighted by Gasteiger charge is -2.42. The van der Waals surface area contributed by atoms with Crippen molar-refractivity contribution in [2.24, 2.45) is 5.41 Å². The van der Waals surface area contributed by atoms with E-state index in [9.17, 15) is 13.2 Å². The molecule has 3 unspecified atom stereocenters. The third kappa shape index (κ3) is 2.86. The minimum Gasteiger partial charge on any atom is -0.348 e. The molecule has 2 heterocycles. The molecule has 1 aromatic rings. The van der Waals surface area contributed by atoms with Crippen LogP contribution in [0.2, 0.25) is 0 Å². The van der Waals surface area contributed by atoms with Crippen LogP contribution in [0.15, 0.2) is 6.07 Å². The molecule has 2 N–H and O–H groups in total. The van der Waals surface area contributed by atoms with Gasteiger partial charge in [-0.1, -0.05) is 26.8 Å². The van der Waals surface area contributed by atoms with E-state index in [1.54, 1.807) is 0 Å². The normalized spacial score (nSPS) is 28.5. The lowest BCUT2D eigenvalue weighted by Crippen LogP contribution is -2.62. The summed E-state index contributed by atoms with van der Waals surface area (Å²) in [7, 11) is -3.29. The fourth-order valence-corrected chi connectivity index (χ4v) is 6.73. The lowest BCUT2D eigenvalue weighted by molar-refractivity contribution is -0.123. The Kier molecular flexibility index (Phi) is 4.13. The Balaban J connectivity index is 1.84. The minimum absolute atomic E-state index is 0.0195. The number of nitrogens with one attached hydrogen (secondary N) is 2. The number of carbonyl (C=O) groups is 1. The first-order chi connectivity index (χ1) is 12.5. The number of hydrogen-bond acceptors (Lipinski definition) is 4. The van der Waals surface area contributed by atoms with Crippen molar-refractivity contribution in [2.75, 3.05) is 10.2 Å². The molecule has 7 heteroatoms. The van der Waals surface area contributed by atoms with E-state index in [-0.39, 0.29) is 23.4 Å². The van der Waals surface area contributed by atoms with Gasteiger partial charge in [0.05, 0.1) is 22.8 Å². The summed E-state index contributed by atoms with van der Waals surface area (Å²) in [6.07, 6.45) is 2.88. The molecule has 2 aliphatic heterocycles.